The average Bonchev–Trinajstić information content (AvgIpc) is 2.04. The lowest BCUT2D eigenvalue weighted by molar-refractivity contribution is 0.0827. The third-order valence-electron chi connectivity index (χ3n) is 1.65. The van der Waals surface area contributed by atoms with E-state index in [2.05, 4.69) is 6.92 Å². The fraction of sp³-hybridized carbons (Fsp3) is 0.200. The molecule has 1 amide bonds. The monoisotopic (exact) mass is 162 g/mol. The van der Waals surface area contributed by atoms with E-state index in [-0.39, 0.29) is 5.91 Å². The Morgan fingerprint density at radius 3 is 2.42 bits per heavy atom. The van der Waals surface area contributed by atoms with Gasteiger partial charge in [-0.3, -0.25) is 4.79 Å². The topological polar surface area (TPSA) is 20.3 Å². The first-order valence-corrected chi connectivity index (χ1v) is 3.75. The van der Waals surface area contributed by atoms with E-state index in [0.717, 1.165) is 5.56 Å². The molecule has 0 saturated carbocycles. The van der Waals surface area contributed by atoms with Crippen LogP contribution >= 0.6 is 0 Å². The largest absolute Gasteiger partial charge is 0.345 e. The molecule has 1 aromatic carbocycles. The van der Waals surface area contributed by atoms with Crippen molar-refractivity contribution in [1.29, 1.82) is 0 Å². The predicted octanol–water partition coefficient (Wildman–Crippen LogP) is 1.57. The normalized spacial score (nSPS) is 9.58. The van der Waals surface area contributed by atoms with Gasteiger partial charge in [-0.2, -0.15) is 0 Å². The van der Waals surface area contributed by atoms with Gasteiger partial charge < -0.3 is 4.90 Å². The zero-order chi connectivity index (χ0) is 9.14. The molecule has 0 aliphatic heterocycles. The minimum atomic E-state index is 0.000556. The Morgan fingerprint density at radius 1 is 1.33 bits per heavy atom. The fourth-order valence-electron chi connectivity index (χ4n) is 0.970. The Morgan fingerprint density at radius 2 is 1.92 bits per heavy atom. The predicted molar refractivity (Wildman–Crippen MR) is 48.9 cm³/mol. The average molecular weight is 162 g/mol. The second-order valence-electron chi connectivity index (χ2n) is 2.86. The van der Waals surface area contributed by atoms with Gasteiger partial charge in [-0.15, -0.1) is 0 Å². The smallest absolute Gasteiger partial charge is 0.253 e. The Balaban J connectivity index is 3.03. The lowest BCUT2D eigenvalue weighted by atomic mass is 10.1. The molecule has 2 nitrogen and oxygen atoms in total. The SMILES string of the molecule is [CH2]c1ccccc1C(=O)N(C)C. The van der Waals surface area contributed by atoms with Crippen LogP contribution in [0.3, 0.4) is 0 Å². The van der Waals surface area contributed by atoms with Crippen molar-refractivity contribution >= 4 is 5.91 Å². The number of amides is 1. The second kappa shape index (κ2) is 3.39. The minimum Gasteiger partial charge on any atom is -0.345 e. The van der Waals surface area contributed by atoms with Gasteiger partial charge in [0, 0.05) is 19.7 Å². The highest BCUT2D eigenvalue weighted by Crippen LogP contribution is 2.08. The van der Waals surface area contributed by atoms with Crippen molar-refractivity contribution in [1.82, 2.24) is 4.90 Å². The summed E-state index contributed by atoms with van der Waals surface area (Å²) in [5.74, 6) is 0.000556. The summed E-state index contributed by atoms with van der Waals surface area (Å²) in [5, 5.41) is 0. The molecule has 0 spiro atoms. The fourth-order valence-corrected chi connectivity index (χ4v) is 0.970. The summed E-state index contributed by atoms with van der Waals surface area (Å²) in [4.78, 5) is 13.0. The van der Waals surface area contributed by atoms with Crippen molar-refractivity contribution in [3.63, 3.8) is 0 Å². The first kappa shape index (κ1) is 8.78. The molecule has 0 heterocycles. The van der Waals surface area contributed by atoms with E-state index in [9.17, 15) is 4.79 Å². The molecule has 0 saturated heterocycles. The van der Waals surface area contributed by atoms with Crippen LogP contribution in [-0.2, 0) is 0 Å². The van der Waals surface area contributed by atoms with Gasteiger partial charge >= 0.3 is 0 Å². The molecule has 0 aromatic heterocycles. The van der Waals surface area contributed by atoms with Crippen LogP contribution in [0.15, 0.2) is 24.3 Å². The molecule has 0 unspecified atom stereocenters. The molecule has 12 heavy (non-hydrogen) atoms. The molecule has 1 radical (unpaired) electrons. The van der Waals surface area contributed by atoms with Gasteiger partial charge in [0.25, 0.3) is 5.91 Å². The van der Waals surface area contributed by atoms with Gasteiger partial charge in [0.05, 0.1) is 0 Å². The lowest BCUT2D eigenvalue weighted by Crippen LogP contribution is -2.22. The molecule has 1 rings (SSSR count). The molecule has 0 N–H and O–H groups in total. The van der Waals surface area contributed by atoms with Crippen molar-refractivity contribution < 1.29 is 4.79 Å². The van der Waals surface area contributed by atoms with Crippen LogP contribution in [0.1, 0.15) is 15.9 Å². The number of hydrogen-bond acceptors (Lipinski definition) is 1. The number of hydrogen-bond donors (Lipinski definition) is 0. The molecule has 0 fully saturated rings. The van der Waals surface area contributed by atoms with Gasteiger partial charge in [-0.05, 0) is 18.6 Å². The van der Waals surface area contributed by atoms with Crippen molar-refractivity contribution in [2.45, 2.75) is 0 Å². The molecular formula is C10H12NO. The van der Waals surface area contributed by atoms with E-state index in [1.54, 1.807) is 25.1 Å². The van der Waals surface area contributed by atoms with Crippen molar-refractivity contribution in [2.75, 3.05) is 14.1 Å². The van der Waals surface area contributed by atoms with Crippen LogP contribution in [0.5, 0.6) is 0 Å². The number of benzene rings is 1. The highest BCUT2D eigenvalue weighted by atomic mass is 16.2. The van der Waals surface area contributed by atoms with Crippen molar-refractivity contribution in [2.24, 2.45) is 0 Å². The van der Waals surface area contributed by atoms with Crippen LogP contribution < -0.4 is 0 Å². The molecular weight excluding hydrogens is 150 g/mol. The maximum atomic E-state index is 11.5. The quantitative estimate of drug-likeness (QED) is 0.613. The van der Waals surface area contributed by atoms with Gasteiger partial charge in [-0.25, -0.2) is 0 Å². The van der Waals surface area contributed by atoms with Gasteiger partial charge in [0.15, 0.2) is 0 Å². The Bertz CT molecular complexity index is 292. The molecule has 63 valence electrons. The van der Waals surface area contributed by atoms with E-state index in [4.69, 9.17) is 0 Å². The number of rotatable bonds is 1. The molecule has 0 atom stereocenters. The maximum Gasteiger partial charge on any atom is 0.253 e. The van der Waals surface area contributed by atoms with Crippen molar-refractivity contribution in [3.8, 4) is 0 Å². The summed E-state index contributed by atoms with van der Waals surface area (Å²) in [7, 11) is 3.46. The Hall–Kier alpha value is -1.31. The maximum absolute atomic E-state index is 11.5. The minimum absolute atomic E-state index is 0.000556. The second-order valence-corrected chi connectivity index (χ2v) is 2.86. The number of nitrogens with zero attached hydrogens (tertiary/aromatic N) is 1. The van der Waals surface area contributed by atoms with Gasteiger partial charge in [0.1, 0.15) is 0 Å². The van der Waals surface area contributed by atoms with E-state index in [1.807, 2.05) is 18.2 Å². The highest BCUT2D eigenvalue weighted by Gasteiger charge is 2.08. The first-order valence-electron chi connectivity index (χ1n) is 3.75. The van der Waals surface area contributed by atoms with Crippen LogP contribution in [0.25, 0.3) is 0 Å². The van der Waals surface area contributed by atoms with Gasteiger partial charge in [-0.1, -0.05) is 18.2 Å². The van der Waals surface area contributed by atoms with E-state index in [0.29, 0.717) is 5.56 Å². The van der Waals surface area contributed by atoms with Crippen LogP contribution in [-0.4, -0.2) is 24.9 Å². The van der Waals surface area contributed by atoms with Gasteiger partial charge in [0.2, 0.25) is 0 Å². The van der Waals surface area contributed by atoms with E-state index in [1.165, 1.54) is 0 Å². The molecule has 1 aromatic rings. The molecule has 2 heteroatoms. The van der Waals surface area contributed by atoms with Crippen LogP contribution in [0.4, 0.5) is 0 Å². The number of carbonyl (C=O) groups excluding carboxylic acids is 1. The summed E-state index contributed by atoms with van der Waals surface area (Å²) in [5.41, 5.74) is 1.44. The third-order valence-corrected chi connectivity index (χ3v) is 1.65. The number of carbonyl (C=O) groups is 1. The van der Waals surface area contributed by atoms with Crippen LogP contribution in [0, 0.1) is 6.92 Å². The van der Waals surface area contributed by atoms with E-state index < -0.39 is 0 Å². The van der Waals surface area contributed by atoms with E-state index >= 15 is 0 Å². The van der Waals surface area contributed by atoms with Crippen LogP contribution in [0.2, 0.25) is 0 Å². The highest BCUT2D eigenvalue weighted by molar-refractivity contribution is 5.95. The summed E-state index contributed by atoms with van der Waals surface area (Å²) >= 11 is 0. The first-order chi connectivity index (χ1) is 5.63. The molecule has 0 bridgehead atoms. The molecule has 0 aliphatic rings. The zero-order valence-electron chi connectivity index (χ0n) is 7.37. The zero-order valence-corrected chi connectivity index (χ0v) is 7.37. The summed E-state index contributed by atoms with van der Waals surface area (Å²) < 4.78 is 0. The third kappa shape index (κ3) is 1.64. The summed E-state index contributed by atoms with van der Waals surface area (Å²) in [6, 6.07) is 7.32. The van der Waals surface area contributed by atoms with Crippen molar-refractivity contribution in [3.05, 3.63) is 42.3 Å². The lowest BCUT2D eigenvalue weighted by Gasteiger charge is -2.11. The Kier molecular flexibility index (Phi) is 2.48. The standard InChI is InChI=1S/C10H12NO/c1-8-6-4-5-7-9(8)10(12)11(2)3/h4-7H,1H2,2-3H3. The Labute approximate surface area is 72.8 Å². The summed E-state index contributed by atoms with van der Waals surface area (Å²) in [6.07, 6.45) is 0. The molecule has 0 aliphatic carbocycles. The summed E-state index contributed by atoms with van der Waals surface area (Å²) in [6.45, 7) is 3.78.